The standard InChI is InChI=1S/C24H27N5O3S2/c1-17-9-10-18(34(31,32)28-13-5-2-6-14-28)15-21(17)26-23(30)16-33-24-27-20-8-4-3-7-19(20)22-11-12-25-29(22)24/h3-4,7-10,12,15,22H,2,5-6,11,13-14,16H2,1H3,(H,26,30)/t22-/m0/s1. The molecule has 34 heavy (non-hydrogen) atoms. The summed E-state index contributed by atoms with van der Waals surface area (Å²) < 4.78 is 27.6. The monoisotopic (exact) mass is 497 g/mol. The molecule has 0 bridgehead atoms. The maximum Gasteiger partial charge on any atom is 0.243 e. The maximum absolute atomic E-state index is 13.0. The van der Waals surface area contributed by atoms with Crippen molar-refractivity contribution in [1.29, 1.82) is 0 Å². The van der Waals surface area contributed by atoms with Crippen LogP contribution in [0.5, 0.6) is 0 Å². The minimum atomic E-state index is -3.57. The SMILES string of the molecule is Cc1ccc(S(=O)(=O)N2CCCCC2)cc1NC(=O)CSC1=Nc2ccccc2[C@@H]2CC=NN12. The number of hydrogen-bond acceptors (Lipinski definition) is 7. The molecule has 2 aromatic rings. The van der Waals surface area contributed by atoms with E-state index in [4.69, 9.17) is 4.99 Å². The van der Waals surface area contributed by atoms with Crippen LogP contribution in [-0.4, -0.2) is 53.9 Å². The van der Waals surface area contributed by atoms with Crippen molar-refractivity contribution in [2.75, 3.05) is 24.2 Å². The normalized spacial score (nSPS) is 20.0. The number of thioether (sulfide) groups is 1. The number of nitrogens with zero attached hydrogens (tertiary/aromatic N) is 4. The first-order chi connectivity index (χ1) is 16.4. The molecule has 0 aromatic heterocycles. The van der Waals surface area contributed by atoms with Gasteiger partial charge in [-0.2, -0.15) is 9.41 Å². The van der Waals surface area contributed by atoms with E-state index in [0.29, 0.717) is 23.9 Å². The Morgan fingerprint density at radius 3 is 2.76 bits per heavy atom. The van der Waals surface area contributed by atoms with Crippen molar-refractivity contribution < 1.29 is 13.2 Å². The van der Waals surface area contributed by atoms with Crippen LogP contribution in [0.15, 0.2) is 57.5 Å². The van der Waals surface area contributed by atoms with Gasteiger partial charge in [-0.3, -0.25) is 4.79 Å². The summed E-state index contributed by atoms with van der Waals surface area (Å²) in [6.07, 6.45) is 5.49. The number of benzene rings is 2. The molecule has 0 radical (unpaired) electrons. The van der Waals surface area contributed by atoms with Gasteiger partial charge in [0, 0.05) is 37.0 Å². The van der Waals surface area contributed by atoms with Gasteiger partial charge in [-0.1, -0.05) is 42.4 Å². The summed E-state index contributed by atoms with van der Waals surface area (Å²) in [4.78, 5) is 17.7. The van der Waals surface area contributed by atoms with Crippen molar-refractivity contribution in [2.24, 2.45) is 10.1 Å². The summed E-state index contributed by atoms with van der Waals surface area (Å²) in [5.74, 6) is -0.0793. The molecule has 8 nitrogen and oxygen atoms in total. The number of carbonyl (C=O) groups is 1. The molecule has 1 atom stereocenters. The average molecular weight is 498 g/mol. The van der Waals surface area contributed by atoms with Crippen LogP contribution in [0.1, 0.15) is 42.9 Å². The van der Waals surface area contributed by atoms with Crippen molar-refractivity contribution in [3.05, 3.63) is 53.6 Å². The van der Waals surface area contributed by atoms with E-state index in [1.165, 1.54) is 16.1 Å². The first kappa shape index (κ1) is 23.1. The number of amidine groups is 1. The Balaban J connectivity index is 1.28. The molecule has 3 aliphatic rings. The molecular formula is C24H27N5O3S2. The lowest BCUT2D eigenvalue weighted by molar-refractivity contribution is -0.113. The predicted molar refractivity (Wildman–Crippen MR) is 136 cm³/mol. The number of aryl methyl sites for hydroxylation is 1. The minimum absolute atomic E-state index is 0.109. The Bertz CT molecular complexity index is 1270. The number of piperidine rings is 1. The van der Waals surface area contributed by atoms with Crippen LogP contribution >= 0.6 is 11.8 Å². The number of sulfonamides is 1. The third-order valence-corrected chi connectivity index (χ3v) is 9.14. The van der Waals surface area contributed by atoms with Gasteiger partial charge in [0.05, 0.1) is 22.4 Å². The van der Waals surface area contributed by atoms with E-state index in [1.807, 2.05) is 36.3 Å². The molecule has 3 aliphatic heterocycles. The Morgan fingerprint density at radius 2 is 1.94 bits per heavy atom. The Kier molecular flexibility index (Phi) is 6.46. The van der Waals surface area contributed by atoms with Crippen molar-refractivity contribution in [3.63, 3.8) is 0 Å². The summed E-state index contributed by atoms with van der Waals surface area (Å²) >= 11 is 1.33. The van der Waals surface area contributed by atoms with Crippen molar-refractivity contribution >= 4 is 50.4 Å². The number of aliphatic imine (C=N–C) groups is 1. The van der Waals surface area contributed by atoms with Crippen LogP contribution in [-0.2, 0) is 14.8 Å². The third kappa shape index (κ3) is 4.49. The number of rotatable bonds is 5. The van der Waals surface area contributed by atoms with Gasteiger partial charge in [0.2, 0.25) is 15.9 Å². The molecule has 5 rings (SSSR count). The lowest BCUT2D eigenvalue weighted by Gasteiger charge is -2.29. The van der Waals surface area contributed by atoms with E-state index >= 15 is 0 Å². The molecule has 10 heteroatoms. The highest BCUT2D eigenvalue weighted by Crippen LogP contribution is 2.40. The molecule has 178 valence electrons. The summed E-state index contributed by atoms with van der Waals surface area (Å²) in [6, 6.07) is 13.0. The van der Waals surface area contributed by atoms with E-state index in [1.54, 1.807) is 18.2 Å². The number of anilines is 1. The Labute approximate surface area is 204 Å². The van der Waals surface area contributed by atoms with Crippen LogP contribution in [0, 0.1) is 6.92 Å². The van der Waals surface area contributed by atoms with Gasteiger partial charge in [-0.05, 0) is 43.5 Å². The largest absolute Gasteiger partial charge is 0.325 e. The summed E-state index contributed by atoms with van der Waals surface area (Å²) in [5, 5.41) is 9.90. The van der Waals surface area contributed by atoms with Crippen molar-refractivity contribution in [1.82, 2.24) is 9.31 Å². The molecule has 1 N–H and O–H groups in total. The second-order valence-electron chi connectivity index (χ2n) is 8.63. The van der Waals surface area contributed by atoms with Crippen LogP contribution in [0.25, 0.3) is 0 Å². The van der Waals surface area contributed by atoms with Gasteiger partial charge in [0.1, 0.15) is 0 Å². The van der Waals surface area contributed by atoms with Gasteiger partial charge in [0.15, 0.2) is 5.17 Å². The molecule has 1 fully saturated rings. The number of carbonyl (C=O) groups excluding carboxylic acids is 1. The molecule has 0 aliphatic carbocycles. The highest BCUT2D eigenvalue weighted by molar-refractivity contribution is 8.14. The quantitative estimate of drug-likeness (QED) is 0.666. The van der Waals surface area contributed by atoms with Gasteiger partial charge < -0.3 is 5.32 Å². The van der Waals surface area contributed by atoms with E-state index in [9.17, 15) is 13.2 Å². The highest BCUT2D eigenvalue weighted by atomic mass is 32.2. The van der Waals surface area contributed by atoms with Crippen LogP contribution in [0.4, 0.5) is 11.4 Å². The van der Waals surface area contributed by atoms with E-state index in [0.717, 1.165) is 42.5 Å². The molecular weight excluding hydrogens is 470 g/mol. The molecule has 3 heterocycles. The van der Waals surface area contributed by atoms with Gasteiger partial charge in [-0.15, -0.1) is 0 Å². The fourth-order valence-corrected chi connectivity index (χ4v) is 6.79. The first-order valence-corrected chi connectivity index (χ1v) is 13.9. The zero-order valence-electron chi connectivity index (χ0n) is 19.0. The van der Waals surface area contributed by atoms with Crippen LogP contribution < -0.4 is 5.32 Å². The second-order valence-corrected chi connectivity index (χ2v) is 11.5. The molecule has 0 saturated carbocycles. The number of fused-ring (bicyclic) bond motifs is 3. The maximum atomic E-state index is 13.0. The van der Waals surface area contributed by atoms with Crippen LogP contribution in [0.3, 0.4) is 0 Å². The number of hydrazone groups is 1. The average Bonchev–Trinajstić information content (AvgIpc) is 3.35. The minimum Gasteiger partial charge on any atom is -0.325 e. The van der Waals surface area contributed by atoms with Gasteiger partial charge in [0.25, 0.3) is 0 Å². The summed E-state index contributed by atoms with van der Waals surface area (Å²) in [5.41, 5.74) is 3.36. The molecule has 1 amide bonds. The third-order valence-electron chi connectivity index (χ3n) is 6.31. The number of hydrogen-bond donors (Lipinski definition) is 1. The predicted octanol–water partition coefficient (Wildman–Crippen LogP) is 4.28. The smallest absolute Gasteiger partial charge is 0.243 e. The van der Waals surface area contributed by atoms with E-state index in [2.05, 4.69) is 16.5 Å². The van der Waals surface area contributed by atoms with Gasteiger partial charge in [-0.25, -0.2) is 18.4 Å². The summed E-state index contributed by atoms with van der Waals surface area (Å²) in [6.45, 7) is 2.94. The zero-order valence-corrected chi connectivity index (χ0v) is 20.6. The Morgan fingerprint density at radius 1 is 1.15 bits per heavy atom. The fraction of sp³-hybridized carbons (Fsp3) is 0.375. The highest BCUT2D eigenvalue weighted by Gasteiger charge is 2.33. The fourth-order valence-electron chi connectivity index (χ4n) is 4.45. The topological polar surface area (TPSA) is 94.4 Å². The lowest BCUT2D eigenvalue weighted by atomic mass is 10.0. The molecule has 2 aromatic carbocycles. The number of para-hydroxylation sites is 1. The van der Waals surface area contributed by atoms with Gasteiger partial charge >= 0.3 is 0 Å². The van der Waals surface area contributed by atoms with Crippen molar-refractivity contribution in [2.45, 2.75) is 43.5 Å². The number of amides is 1. The first-order valence-electron chi connectivity index (χ1n) is 11.5. The van der Waals surface area contributed by atoms with E-state index in [-0.39, 0.29) is 22.6 Å². The molecule has 0 unspecified atom stereocenters. The number of nitrogens with one attached hydrogen (secondary N) is 1. The Hall–Kier alpha value is -2.69. The second kappa shape index (κ2) is 9.52. The van der Waals surface area contributed by atoms with Crippen LogP contribution in [0.2, 0.25) is 0 Å². The molecule has 0 spiro atoms. The van der Waals surface area contributed by atoms with E-state index < -0.39 is 10.0 Å². The summed E-state index contributed by atoms with van der Waals surface area (Å²) in [7, 11) is -3.57. The molecule has 1 saturated heterocycles. The lowest BCUT2D eigenvalue weighted by Crippen LogP contribution is -2.35. The zero-order chi connectivity index (χ0) is 23.7. The van der Waals surface area contributed by atoms with Crippen molar-refractivity contribution in [3.8, 4) is 0 Å².